The molecule has 0 unspecified atom stereocenters. The van der Waals surface area contributed by atoms with Crippen LogP contribution in [0, 0.1) is 0 Å². The second kappa shape index (κ2) is 9.39. The van der Waals surface area contributed by atoms with E-state index in [0.717, 1.165) is 0 Å². The minimum atomic E-state index is -0.625. The maximum atomic E-state index is 12.5. The van der Waals surface area contributed by atoms with E-state index >= 15 is 0 Å². The summed E-state index contributed by atoms with van der Waals surface area (Å²) in [5.41, 5.74) is 0.581. The molecule has 2 aromatic carbocycles. The third-order valence-corrected chi connectivity index (χ3v) is 3.95. The number of hydrogen-bond donors (Lipinski definition) is 1. The molecule has 1 N–H and O–H groups in total. The van der Waals surface area contributed by atoms with Crippen LogP contribution in [0.15, 0.2) is 36.4 Å². The van der Waals surface area contributed by atoms with Crippen LogP contribution in [-0.4, -0.2) is 31.1 Å². The van der Waals surface area contributed by atoms with E-state index < -0.39 is 17.8 Å². The van der Waals surface area contributed by atoms with E-state index in [1.165, 1.54) is 30.3 Å². The highest BCUT2D eigenvalue weighted by Gasteiger charge is 2.17. The van der Waals surface area contributed by atoms with Gasteiger partial charge in [-0.25, -0.2) is 9.59 Å². The van der Waals surface area contributed by atoms with E-state index in [4.69, 9.17) is 32.7 Å². The van der Waals surface area contributed by atoms with E-state index in [2.05, 4.69) is 5.32 Å². The Balaban J connectivity index is 2.39. The zero-order chi connectivity index (χ0) is 20.0. The number of amides is 1. The van der Waals surface area contributed by atoms with E-state index in [1.54, 1.807) is 19.9 Å². The Bertz CT molecular complexity index is 846. The van der Waals surface area contributed by atoms with Gasteiger partial charge in [-0.1, -0.05) is 23.2 Å². The lowest BCUT2D eigenvalue weighted by Gasteiger charge is -2.11. The monoisotopic (exact) mass is 409 g/mol. The molecule has 2 aromatic rings. The van der Waals surface area contributed by atoms with Crippen molar-refractivity contribution < 1.29 is 23.9 Å². The first kappa shape index (κ1) is 20.7. The Labute approximate surface area is 166 Å². The fourth-order valence-electron chi connectivity index (χ4n) is 2.23. The summed E-state index contributed by atoms with van der Waals surface area (Å²) in [5, 5.41) is 3.16. The molecule has 27 heavy (non-hydrogen) atoms. The topological polar surface area (TPSA) is 81.7 Å². The number of ether oxygens (including phenoxy) is 2. The molecule has 142 valence electrons. The Kier molecular flexibility index (Phi) is 7.21. The number of carbonyl (C=O) groups is 3. The van der Waals surface area contributed by atoms with Crippen molar-refractivity contribution in [2.75, 3.05) is 18.5 Å². The molecule has 0 aliphatic heterocycles. The molecule has 0 saturated carbocycles. The third-order valence-electron chi connectivity index (χ3n) is 3.39. The van der Waals surface area contributed by atoms with Gasteiger partial charge in [-0.15, -0.1) is 0 Å². The normalized spacial score (nSPS) is 10.2. The number of carbonyl (C=O) groups excluding carboxylic acids is 3. The maximum absolute atomic E-state index is 12.5. The van der Waals surface area contributed by atoms with Crippen molar-refractivity contribution in [2.24, 2.45) is 0 Å². The number of benzene rings is 2. The molecule has 0 fully saturated rings. The van der Waals surface area contributed by atoms with Crippen LogP contribution in [-0.2, 0) is 9.47 Å². The molecule has 0 spiro atoms. The van der Waals surface area contributed by atoms with Gasteiger partial charge in [0.15, 0.2) is 0 Å². The first-order valence-electron chi connectivity index (χ1n) is 8.11. The SMILES string of the molecule is CCOC(=O)c1cc(NC(=O)c2cc(Cl)ccc2Cl)cc(C(=O)OCC)c1. The van der Waals surface area contributed by atoms with Gasteiger partial charge in [-0.3, -0.25) is 4.79 Å². The number of hydrogen-bond acceptors (Lipinski definition) is 5. The second-order valence-electron chi connectivity index (χ2n) is 5.32. The fourth-order valence-corrected chi connectivity index (χ4v) is 2.61. The smallest absolute Gasteiger partial charge is 0.338 e. The van der Waals surface area contributed by atoms with Gasteiger partial charge in [-0.2, -0.15) is 0 Å². The van der Waals surface area contributed by atoms with Crippen LogP contribution < -0.4 is 5.32 Å². The second-order valence-corrected chi connectivity index (χ2v) is 6.16. The molecule has 0 heterocycles. The molecule has 0 aliphatic rings. The van der Waals surface area contributed by atoms with Gasteiger partial charge >= 0.3 is 11.9 Å². The Morgan fingerprint density at radius 1 is 0.889 bits per heavy atom. The lowest BCUT2D eigenvalue weighted by atomic mass is 10.1. The first-order valence-corrected chi connectivity index (χ1v) is 8.87. The lowest BCUT2D eigenvalue weighted by molar-refractivity contribution is 0.0525. The standard InChI is InChI=1S/C19H17Cl2NO5/c1-3-26-18(24)11-7-12(19(25)27-4-2)9-14(8-11)22-17(23)15-10-13(20)5-6-16(15)21/h5-10H,3-4H2,1-2H3,(H,22,23). The van der Waals surface area contributed by atoms with Crippen molar-refractivity contribution in [3.8, 4) is 0 Å². The van der Waals surface area contributed by atoms with Crippen LogP contribution in [0.5, 0.6) is 0 Å². The lowest BCUT2D eigenvalue weighted by Crippen LogP contribution is -2.15. The molecular weight excluding hydrogens is 393 g/mol. The summed E-state index contributed by atoms with van der Waals surface area (Å²) in [5.74, 6) is -1.79. The predicted octanol–water partition coefficient (Wildman–Crippen LogP) is 4.60. The fraction of sp³-hybridized carbons (Fsp3) is 0.211. The van der Waals surface area contributed by atoms with Crippen molar-refractivity contribution in [3.63, 3.8) is 0 Å². The van der Waals surface area contributed by atoms with Crippen molar-refractivity contribution in [1.82, 2.24) is 0 Å². The average molecular weight is 410 g/mol. The van der Waals surface area contributed by atoms with Crippen LogP contribution >= 0.6 is 23.2 Å². The molecule has 8 heteroatoms. The number of nitrogens with one attached hydrogen (secondary N) is 1. The Morgan fingerprint density at radius 2 is 1.44 bits per heavy atom. The van der Waals surface area contributed by atoms with Crippen molar-refractivity contribution in [1.29, 1.82) is 0 Å². The molecule has 2 rings (SSSR count). The molecule has 6 nitrogen and oxygen atoms in total. The van der Waals surface area contributed by atoms with Crippen molar-refractivity contribution in [2.45, 2.75) is 13.8 Å². The van der Waals surface area contributed by atoms with Crippen LogP contribution in [0.2, 0.25) is 10.0 Å². The molecule has 0 radical (unpaired) electrons. The zero-order valence-electron chi connectivity index (χ0n) is 14.7. The van der Waals surface area contributed by atoms with E-state index in [0.29, 0.717) is 5.02 Å². The Morgan fingerprint density at radius 3 is 1.96 bits per heavy atom. The highest BCUT2D eigenvalue weighted by atomic mass is 35.5. The molecule has 0 saturated heterocycles. The molecule has 1 amide bonds. The zero-order valence-corrected chi connectivity index (χ0v) is 16.2. The van der Waals surface area contributed by atoms with Gasteiger partial charge in [0.2, 0.25) is 0 Å². The molecule has 0 aliphatic carbocycles. The summed E-state index contributed by atoms with van der Waals surface area (Å²) < 4.78 is 9.92. The summed E-state index contributed by atoms with van der Waals surface area (Å²) in [7, 11) is 0. The van der Waals surface area contributed by atoms with Crippen molar-refractivity contribution >= 4 is 46.7 Å². The van der Waals surface area contributed by atoms with Gasteiger partial charge < -0.3 is 14.8 Å². The van der Waals surface area contributed by atoms with E-state index in [1.807, 2.05) is 0 Å². The highest BCUT2D eigenvalue weighted by Crippen LogP contribution is 2.23. The largest absolute Gasteiger partial charge is 0.462 e. The van der Waals surface area contributed by atoms with Gasteiger partial charge in [0.05, 0.1) is 34.9 Å². The summed E-state index contributed by atoms with van der Waals surface area (Å²) in [6.07, 6.45) is 0. The summed E-state index contributed by atoms with van der Waals surface area (Å²) >= 11 is 11.9. The average Bonchev–Trinajstić information content (AvgIpc) is 2.63. The number of rotatable bonds is 6. The molecule has 0 bridgehead atoms. The number of esters is 2. The quantitative estimate of drug-likeness (QED) is 0.704. The highest BCUT2D eigenvalue weighted by molar-refractivity contribution is 6.36. The minimum Gasteiger partial charge on any atom is -0.462 e. The summed E-state index contributed by atoms with van der Waals surface area (Å²) in [6, 6.07) is 8.62. The van der Waals surface area contributed by atoms with Crippen LogP contribution in [0.3, 0.4) is 0 Å². The third kappa shape index (κ3) is 5.45. The Hall–Kier alpha value is -2.57. The molecule has 0 atom stereocenters. The van der Waals surface area contributed by atoms with Gasteiger partial charge in [0.1, 0.15) is 0 Å². The molecule has 0 aromatic heterocycles. The summed E-state index contributed by atoms with van der Waals surface area (Å²) in [4.78, 5) is 36.6. The first-order chi connectivity index (χ1) is 12.8. The van der Waals surface area contributed by atoms with Crippen LogP contribution in [0.25, 0.3) is 0 Å². The van der Waals surface area contributed by atoms with Crippen molar-refractivity contribution in [3.05, 3.63) is 63.1 Å². The number of halogens is 2. The van der Waals surface area contributed by atoms with Gasteiger partial charge in [0, 0.05) is 10.7 Å². The number of anilines is 1. The van der Waals surface area contributed by atoms with Gasteiger partial charge in [-0.05, 0) is 50.2 Å². The van der Waals surface area contributed by atoms with E-state index in [9.17, 15) is 14.4 Å². The maximum Gasteiger partial charge on any atom is 0.338 e. The van der Waals surface area contributed by atoms with Crippen LogP contribution in [0.4, 0.5) is 5.69 Å². The minimum absolute atomic E-state index is 0.106. The summed E-state index contributed by atoms with van der Waals surface area (Å²) in [6.45, 7) is 3.67. The van der Waals surface area contributed by atoms with E-state index in [-0.39, 0.29) is 40.6 Å². The van der Waals surface area contributed by atoms with Gasteiger partial charge in [0.25, 0.3) is 5.91 Å². The van der Waals surface area contributed by atoms with Crippen LogP contribution in [0.1, 0.15) is 44.9 Å². The predicted molar refractivity (Wildman–Crippen MR) is 103 cm³/mol. The molecular formula is C19H17Cl2NO5.